The highest BCUT2D eigenvalue weighted by molar-refractivity contribution is 8.00. The Hall–Kier alpha value is -3.39. The third-order valence-electron chi connectivity index (χ3n) is 5.17. The number of methoxy groups -OCH3 is 1. The minimum Gasteiger partial charge on any atom is -0.497 e. The van der Waals surface area contributed by atoms with Crippen molar-refractivity contribution in [1.82, 2.24) is 19.7 Å². The molecule has 2 aromatic heterocycles. The first-order valence-corrected chi connectivity index (χ1v) is 10.6. The van der Waals surface area contributed by atoms with Gasteiger partial charge >= 0.3 is 0 Å². The van der Waals surface area contributed by atoms with Crippen LogP contribution < -0.4 is 9.64 Å². The van der Waals surface area contributed by atoms with Gasteiger partial charge in [0.2, 0.25) is 5.91 Å². The molecule has 0 saturated carbocycles. The van der Waals surface area contributed by atoms with E-state index in [4.69, 9.17) is 4.74 Å². The van der Waals surface area contributed by atoms with Gasteiger partial charge in [-0.25, -0.2) is 14.6 Å². The zero-order valence-corrected chi connectivity index (χ0v) is 17.2. The van der Waals surface area contributed by atoms with Crippen molar-refractivity contribution in [2.75, 3.05) is 24.3 Å². The number of carbonyl (C=O) groups excluding carboxylic acids is 1. The van der Waals surface area contributed by atoms with E-state index in [9.17, 15) is 4.79 Å². The molecule has 150 valence electrons. The summed E-state index contributed by atoms with van der Waals surface area (Å²) < 4.78 is 6.98. The van der Waals surface area contributed by atoms with Crippen LogP contribution in [0.4, 0.5) is 5.69 Å². The van der Waals surface area contributed by atoms with Crippen molar-refractivity contribution in [1.29, 1.82) is 0 Å². The van der Waals surface area contributed by atoms with Crippen LogP contribution in [0.2, 0.25) is 0 Å². The second-order valence-corrected chi connectivity index (χ2v) is 7.85. The minimum absolute atomic E-state index is 0.0826. The first kappa shape index (κ1) is 18.6. The van der Waals surface area contributed by atoms with Crippen molar-refractivity contribution in [2.45, 2.75) is 11.4 Å². The molecule has 30 heavy (non-hydrogen) atoms. The molecule has 4 aromatic rings. The summed E-state index contributed by atoms with van der Waals surface area (Å²) in [5.74, 6) is 1.18. The number of carbonyl (C=O) groups is 1. The lowest BCUT2D eigenvalue weighted by Gasteiger charge is -2.16. The summed E-state index contributed by atoms with van der Waals surface area (Å²) in [5.41, 5.74) is 3.83. The van der Waals surface area contributed by atoms with Gasteiger partial charge in [0.25, 0.3) is 0 Å². The predicted molar refractivity (Wildman–Crippen MR) is 116 cm³/mol. The Kier molecular flexibility index (Phi) is 4.84. The molecule has 8 heteroatoms. The SMILES string of the molecule is COc1ccc(-n2ncc3c(SCC(=O)N4CCc5ccccc54)ncnc32)cc1. The highest BCUT2D eigenvalue weighted by Crippen LogP contribution is 2.30. The van der Waals surface area contributed by atoms with Gasteiger partial charge in [-0.3, -0.25) is 4.79 Å². The van der Waals surface area contributed by atoms with E-state index in [0.29, 0.717) is 11.4 Å². The minimum atomic E-state index is 0.0826. The second kappa shape index (κ2) is 7.79. The van der Waals surface area contributed by atoms with Crippen LogP contribution in [0, 0.1) is 0 Å². The van der Waals surface area contributed by atoms with Crippen molar-refractivity contribution in [3.05, 3.63) is 66.6 Å². The number of benzene rings is 2. The zero-order chi connectivity index (χ0) is 20.5. The number of para-hydroxylation sites is 1. The van der Waals surface area contributed by atoms with E-state index < -0.39 is 0 Å². The lowest BCUT2D eigenvalue weighted by molar-refractivity contribution is -0.116. The number of ether oxygens (including phenoxy) is 1. The third-order valence-corrected chi connectivity index (χ3v) is 6.16. The Morgan fingerprint density at radius 2 is 1.97 bits per heavy atom. The summed E-state index contributed by atoms with van der Waals surface area (Å²) in [5, 5.41) is 6.06. The van der Waals surface area contributed by atoms with Gasteiger partial charge in [0, 0.05) is 12.2 Å². The van der Waals surface area contributed by atoms with Crippen molar-refractivity contribution < 1.29 is 9.53 Å². The van der Waals surface area contributed by atoms with Gasteiger partial charge in [-0.2, -0.15) is 5.10 Å². The molecule has 5 rings (SSSR count). The number of aromatic nitrogens is 4. The molecule has 0 N–H and O–H groups in total. The fourth-order valence-corrected chi connectivity index (χ4v) is 4.49. The summed E-state index contributed by atoms with van der Waals surface area (Å²) in [6.07, 6.45) is 4.17. The lowest BCUT2D eigenvalue weighted by Crippen LogP contribution is -2.30. The Balaban J connectivity index is 1.37. The summed E-state index contributed by atoms with van der Waals surface area (Å²) in [4.78, 5) is 23.5. The Labute approximate surface area is 177 Å². The van der Waals surface area contributed by atoms with E-state index in [-0.39, 0.29) is 5.91 Å². The highest BCUT2D eigenvalue weighted by atomic mass is 32.2. The molecular formula is C22H19N5O2S. The average molecular weight is 417 g/mol. The van der Waals surface area contributed by atoms with Crippen LogP contribution in [-0.4, -0.2) is 45.1 Å². The van der Waals surface area contributed by atoms with E-state index in [1.54, 1.807) is 18.0 Å². The molecule has 2 aromatic carbocycles. The third kappa shape index (κ3) is 3.29. The van der Waals surface area contributed by atoms with Crippen LogP contribution >= 0.6 is 11.8 Å². The van der Waals surface area contributed by atoms with Crippen molar-refractivity contribution in [3.63, 3.8) is 0 Å². The molecular weight excluding hydrogens is 398 g/mol. The van der Waals surface area contributed by atoms with Gasteiger partial charge in [-0.1, -0.05) is 30.0 Å². The summed E-state index contributed by atoms with van der Waals surface area (Å²) in [7, 11) is 1.64. The fraction of sp³-hybridized carbons (Fsp3) is 0.182. The molecule has 1 aliphatic rings. The average Bonchev–Trinajstić information content (AvgIpc) is 3.42. The van der Waals surface area contributed by atoms with Gasteiger partial charge < -0.3 is 9.64 Å². The van der Waals surface area contributed by atoms with E-state index in [2.05, 4.69) is 21.1 Å². The van der Waals surface area contributed by atoms with Gasteiger partial charge in [0.15, 0.2) is 5.65 Å². The van der Waals surface area contributed by atoms with E-state index >= 15 is 0 Å². The van der Waals surface area contributed by atoms with Crippen LogP contribution in [-0.2, 0) is 11.2 Å². The van der Waals surface area contributed by atoms with Crippen molar-refractivity contribution in [3.8, 4) is 11.4 Å². The van der Waals surface area contributed by atoms with Crippen LogP contribution in [0.1, 0.15) is 5.56 Å². The number of thioether (sulfide) groups is 1. The molecule has 7 nitrogen and oxygen atoms in total. The van der Waals surface area contributed by atoms with E-state index in [1.807, 2.05) is 47.4 Å². The smallest absolute Gasteiger partial charge is 0.237 e. The highest BCUT2D eigenvalue weighted by Gasteiger charge is 2.24. The van der Waals surface area contributed by atoms with E-state index in [0.717, 1.165) is 40.5 Å². The molecule has 1 aliphatic heterocycles. The largest absolute Gasteiger partial charge is 0.497 e. The molecule has 1 amide bonds. The molecule has 0 spiro atoms. The summed E-state index contributed by atoms with van der Waals surface area (Å²) in [6, 6.07) is 15.7. The molecule has 0 unspecified atom stereocenters. The number of amides is 1. The first-order valence-electron chi connectivity index (χ1n) is 9.59. The van der Waals surface area contributed by atoms with Crippen LogP contribution in [0.3, 0.4) is 0 Å². The van der Waals surface area contributed by atoms with Crippen LogP contribution in [0.25, 0.3) is 16.7 Å². The van der Waals surface area contributed by atoms with Crippen LogP contribution in [0.5, 0.6) is 5.75 Å². The molecule has 0 atom stereocenters. The van der Waals surface area contributed by atoms with Gasteiger partial charge in [0.1, 0.15) is 17.1 Å². The lowest BCUT2D eigenvalue weighted by atomic mass is 10.2. The monoisotopic (exact) mass is 417 g/mol. The Morgan fingerprint density at radius 1 is 1.13 bits per heavy atom. The Morgan fingerprint density at radius 3 is 2.80 bits per heavy atom. The molecule has 0 radical (unpaired) electrons. The number of nitrogens with zero attached hydrogens (tertiary/aromatic N) is 5. The number of hydrogen-bond acceptors (Lipinski definition) is 6. The maximum Gasteiger partial charge on any atom is 0.237 e. The molecule has 0 saturated heterocycles. The molecule has 0 aliphatic carbocycles. The maximum absolute atomic E-state index is 12.8. The molecule has 0 fully saturated rings. The number of anilines is 1. The van der Waals surface area contributed by atoms with Crippen LogP contribution in [0.15, 0.2) is 66.1 Å². The number of rotatable bonds is 5. The first-order chi connectivity index (χ1) is 14.7. The van der Waals surface area contributed by atoms with Crippen molar-refractivity contribution in [2.24, 2.45) is 0 Å². The fourth-order valence-electron chi connectivity index (χ4n) is 3.66. The predicted octanol–water partition coefficient (Wildman–Crippen LogP) is 3.51. The Bertz CT molecular complexity index is 1220. The van der Waals surface area contributed by atoms with E-state index in [1.165, 1.54) is 23.7 Å². The quantitative estimate of drug-likeness (QED) is 0.366. The summed E-state index contributed by atoms with van der Waals surface area (Å²) >= 11 is 1.42. The van der Waals surface area contributed by atoms with Gasteiger partial charge in [-0.15, -0.1) is 0 Å². The standard InChI is InChI=1S/C22H19N5O2S/c1-29-17-8-6-16(7-9-17)27-21-18(12-25-27)22(24-14-23-21)30-13-20(28)26-11-10-15-4-2-3-5-19(15)26/h2-9,12,14H,10-11,13H2,1H3. The number of hydrogen-bond donors (Lipinski definition) is 0. The number of fused-ring (bicyclic) bond motifs is 2. The second-order valence-electron chi connectivity index (χ2n) is 6.88. The maximum atomic E-state index is 12.8. The van der Waals surface area contributed by atoms with Gasteiger partial charge in [-0.05, 0) is 42.3 Å². The molecule has 3 heterocycles. The van der Waals surface area contributed by atoms with Gasteiger partial charge in [0.05, 0.1) is 30.1 Å². The normalized spacial score (nSPS) is 12.9. The summed E-state index contributed by atoms with van der Waals surface area (Å²) in [6.45, 7) is 0.729. The zero-order valence-electron chi connectivity index (χ0n) is 16.4. The molecule has 0 bridgehead atoms. The topological polar surface area (TPSA) is 73.1 Å². The van der Waals surface area contributed by atoms with Crippen molar-refractivity contribution >= 4 is 34.4 Å².